The van der Waals surface area contributed by atoms with Gasteiger partial charge in [0, 0.05) is 14.9 Å². The Morgan fingerprint density at radius 2 is 2.00 bits per heavy atom. The summed E-state index contributed by atoms with van der Waals surface area (Å²) in [6.45, 7) is 6.45. The fourth-order valence-electron chi connectivity index (χ4n) is 1.71. The van der Waals surface area contributed by atoms with Gasteiger partial charge in [0.05, 0.1) is 5.56 Å². The van der Waals surface area contributed by atoms with Crippen molar-refractivity contribution in [3.63, 3.8) is 0 Å². The van der Waals surface area contributed by atoms with E-state index >= 15 is 0 Å². The van der Waals surface area contributed by atoms with Crippen LogP contribution in [0.4, 0.5) is 0 Å². The van der Waals surface area contributed by atoms with Crippen molar-refractivity contribution in [1.29, 1.82) is 0 Å². The molecular weight excluding hydrogens is 405 g/mol. The summed E-state index contributed by atoms with van der Waals surface area (Å²) in [7, 11) is 0. The first-order valence-electron chi connectivity index (χ1n) is 5.97. The van der Waals surface area contributed by atoms with Gasteiger partial charge in [0.1, 0.15) is 0 Å². The minimum absolute atomic E-state index is 0.0147. The topological polar surface area (TPSA) is 29.1 Å². The molecule has 0 saturated heterocycles. The highest BCUT2D eigenvalue weighted by Gasteiger charge is 2.26. The first-order chi connectivity index (χ1) is 8.36. The quantitative estimate of drug-likeness (QED) is 0.570. The SMILES string of the molecule is CC(C)(C)C(CCBr)NC(=O)c1ccccc1I. The maximum atomic E-state index is 12.3. The molecule has 1 amide bonds. The van der Waals surface area contributed by atoms with Crippen LogP contribution in [0.5, 0.6) is 0 Å². The first-order valence-corrected chi connectivity index (χ1v) is 8.17. The van der Waals surface area contributed by atoms with Crippen molar-refractivity contribution in [3.8, 4) is 0 Å². The van der Waals surface area contributed by atoms with Crippen molar-refractivity contribution in [3.05, 3.63) is 33.4 Å². The van der Waals surface area contributed by atoms with E-state index in [1.54, 1.807) is 0 Å². The Balaban J connectivity index is 2.82. The third-order valence-electron chi connectivity index (χ3n) is 2.87. The maximum absolute atomic E-state index is 12.3. The van der Waals surface area contributed by atoms with Crippen LogP contribution in [-0.4, -0.2) is 17.3 Å². The summed E-state index contributed by atoms with van der Waals surface area (Å²) < 4.78 is 0.985. The summed E-state index contributed by atoms with van der Waals surface area (Å²) >= 11 is 5.64. The molecule has 1 unspecified atom stereocenters. The average molecular weight is 424 g/mol. The smallest absolute Gasteiger partial charge is 0.252 e. The molecular formula is C14H19BrINO. The second-order valence-corrected chi connectivity index (χ2v) is 7.30. The van der Waals surface area contributed by atoms with Crippen molar-refractivity contribution in [2.45, 2.75) is 33.2 Å². The summed E-state index contributed by atoms with van der Waals surface area (Å²) in [5.41, 5.74) is 0.811. The summed E-state index contributed by atoms with van der Waals surface area (Å²) in [5.74, 6) is 0.0147. The van der Waals surface area contributed by atoms with Gasteiger partial charge in [-0.3, -0.25) is 4.79 Å². The summed E-state index contributed by atoms with van der Waals surface area (Å²) in [4.78, 5) is 12.3. The number of alkyl halides is 1. The molecule has 2 nitrogen and oxygen atoms in total. The van der Waals surface area contributed by atoms with Crippen molar-refractivity contribution >= 4 is 44.4 Å². The van der Waals surface area contributed by atoms with E-state index in [-0.39, 0.29) is 17.4 Å². The molecule has 0 aromatic heterocycles. The number of benzene rings is 1. The molecule has 1 atom stereocenters. The van der Waals surface area contributed by atoms with Crippen LogP contribution in [0.25, 0.3) is 0 Å². The van der Waals surface area contributed by atoms with Gasteiger partial charge in [-0.1, -0.05) is 48.8 Å². The van der Waals surface area contributed by atoms with Gasteiger partial charge < -0.3 is 5.32 Å². The van der Waals surface area contributed by atoms with Crippen LogP contribution < -0.4 is 5.32 Å². The molecule has 1 aromatic carbocycles. The van der Waals surface area contributed by atoms with Gasteiger partial charge in [-0.15, -0.1) is 0 Å². The van der Waals surface area contributed by atoms with Crippen LogP contribution in [0.3, 0.4) is 0 Å². The van der Waals surface area contributed by atoms with Crippen molar-refractivity contribution in [2.75, 3.05) is 5.33 Å². The Morgan fingerprint density at radius 3 is 2.50 bits per heavy atom. The fourth-order valence-corrected chi connectivity index (χ4v) is 2.80. The fraction of sp³-hybridized carbons (Fsp3) is 0.500. The van der Waals surface area contributed by atoms with Gasteiger partial charge in [-0.2, -0.15) is 0 Å². The molecule has 0 aliphatic rings. The molecule has 0 spiro atoms. The van der Waals surface area contributed by atoms with E-state index in [0.717, 1.165) is 20.9 Å². The van der Waals surface area contributed by atoms with Crippen LogP contribution in [0.2, 0.25) is 0 Å². The minimum Gasteiger partial charge on any atom is -0.349 e. The molecule has 100 valence electrons. The number of rotatable bonds is 4. The van der Waals surface area contributed by atoms with Gasteiger partial charge in [-0.05, 0) is 46.6 Å². The largest absolute Gasteiger partial charge is 0.349 e. The van der Waals surface area contributed by atoms with Crippen LogP contribution in [0, 0.1) is 8.99 Å². The highest BCUT2D eigenvalue weighted by atomic mass is 127. The molecule has 18 heavy (non-hydrogen) atoms. The average Bonchev–Trinajstić information content (AvgIpc) is 2.27. The van der Waals surface area contributed by atoms with Gasteiger partial charge in [0.2, 0.25) is 0 Å². The Bertz CT molecular complexity index is 415. The lowest BCUT2D eigenvalue weighted by Gasteiger charge is -2.31. The third kappa shape index (κ3) is 4.53. The third-order valence-corrected chi connectivity index (χ3v) is 4.27. The van der Waals surface area contributed by atoms with E-state index < -0.39 is 0 Å². The number of halogens is 2. The van der Waals surface area contributed by atoms with Gasteiger partial charge in [0.25, 0.3) is 5.91 Å². The van der Waals surface area contributed by atoms with E-state index in [1.807, 2.05) is 24.3 Å². The summed E-state index contributed by atoms with van der Waals surface area (Å²) in [6.07, 6.45) is 0.929. The van der Waals surface area contributed by atoms with Crippen molar-refractivity contribution in [2.24, 2.45) is 5.41 Å². The summed E-state index contributed by atoms with van der Waals surface area (Å²) in [5, 5.41) is 4.03. The molecule has 0 heterocycles. The lowest BCUT2D eigenvalue weighted by Crippen LogP contribution is -2.44. The van der Waals surface area contributed by atoms with Gasteiger partial charge >= 0.3 is 0 Å². The molecule has 0 bridgehead atoms. The van der Waals surface area contributed by atoms with E-state index in [0.29, 0.717) is 0 Å². The van der Waals surface area contributed by atoms with Crippen LogP contribution in [0.1, 0.15) is 37.6 Å². The molecule has 0 aliphatic carbocycles. The molecule has 0 aliphatic heterocycles. The lowest BCUT2D eigenvalue weighted by molar-refractivity contribution is 0.0900. The first kappa shape index (κ1) is 16.0. The highest BCUT2D eigenvalue weighted by Crippen LogP contribution is 2.23. The molecule has 1 aromatic rings. The normalized spacial score (nSPS) is 13.2. The lowest BCUT2D eigenvalue weighted by atomic mass is 9.85. The Labute approximate surface area is 131 Å². The van der Waals surface area contributed by atoms with E-state index in [2.05, 4.69) is 64.6 Å². The van der Waals surface area contributed by atoms with Crippen molar-refractivity contribution in [1.82, 2.24) is 5.32 Å². The zero-order valence-corrected chi connectivity index (χ0v) is 14.7. The predicted octanol–water partition coefficient (Wildman–Crippen LogP) is 4.22. The van der Waals surface area contributed by atoms with Gasteiger partial charge in [0.15, 0.2) is 0 Å². The van der Waals surface area contributed by atoms with Gasteiger partial charge in [-0.25, -0.2) is 0 Å². The number of carbonyl (C=O) groups is 1. The Kier molecular flexibility index (Phi) is 6.11. The molecule has 0 saturated carbocycles. The molecule has 1 N–H and O–H groups in total. The highest BCUT2D eigenvalue weighted by molar-refractivity contribution is 14.1. The number of amides is 1. The number of hydrogen-bond acceptors (Lipinski definition) is 1. The monoisotopic (exact) mass is 423 g/mol. The number of carbonyl (C=O) groups excluding carboxylic acids is 1. The van der Waals surface area contributed by atoms with Crippen LogP contribution >= 0.6 is 38.5 Å². The molecule has 0 radical (unpaired) electrons. The Hall–Kier alpha value is -0.100. The zero-order valence-electron chi connectivity index (χ0n) is 11.0. The zero-order chi connectivity index (χ0) is 13.8. The minimum atomic E-state index is 0.0147. The predicted molar refractivity (Wildman–Crippen MR) is 88.3 cm³/mol. The Morgan fingerprint density at radius 1 is 1.39 bits per heavy atom. The second-order valence-electron chi connectivity index (χ2n) is 5.35. The molecule has 0 fully saturated rings. The maximum Gasteiger partial charge on any atom is 0.252 e. The van der Waals surface area contributed by atoms with E-state index in [9.17, 15) is 4.79 Å². The van der Waals surface area contributed by atoms with Crippen LogP contribution in [-0.2, 0) is 0 Å². The number of hydrogen-bond donors (Lipinski definition) is 1. The van der Waals surface area contributed by atoms with Crippen LogP contribution in [0.15, 0.2) is 24.3 Å². The van der Waals surface area contributed by atoms with E-state index in [1.165, 1.54) is 0 Å². The van der Waals surface area contributed by atoms with Crippen molar-refractivity contribution < 1.29 is 4.79 Å². The van der Waals surface area contributed by atoms with E-state index in [4.69, 9.17) is 0 Å². The standard InChI is InChI=1S/C14H19BrINO/c1-14(2,3)12(8-9-15)17-13(18)10-6-4-5-7-11(10)16/h4-7,12H,8-9H2,1-3H3,(H,17,18). The molecule has 4 heteroatoms. The number of nitrogens with one attached hydrogen (secondary N) is 1. The summed E-state index contributed by atoms with van der Waals surface area (Å²) in [6, 6.07) is 7.82. The second kappa shape index (κ2) is 6.89. The molecule has 1 rings (SSSR count).